The second-order valence-electron chi connectivity index (χ2n) is 2.79. The standard InChI is InChI=1S/C9H12.C3H6O2/c1-2-6-9-7-4-3-5-8-9;1-2-5-3-4/h3-5,7-8H,2,6H2,1H3;3H,2H2,1H3. The summed E-state index contributed by atoms with van der Waals surface area (Å²) in [4.78, 5) is 9.18. The molecule has 1 aromatic carbocycles. The fraction of sp³-hybridized carbons (Fsp3) is 0.417. The van der Waals surface area contributed by atoms with E-state index in [1.807, 2.05) is 0 Å². The zero-order chi connectivity index (χ0) is 10.6. The summed E-state index contributed by atoms with van der Waals surface area (Å²) in [7, 11) is 0. The third-order valence-electron chi connectivity index (χ3n) is 1.62. The van der Waals surface area contributed by atoms with Crippen molar-refractivity contribution in [1.29, 1.82) is 0 Å². The lowest BCUT2D eigenvalue weighted by Crippen LogP contribution is -1.80. The molecular weight excluding hydrogens is 176 g/mol. The van der Waals surface area contributed by atoms with Crippen LogP contribution in [-0.2, 0) is 16.0 Å². The Balaban J connectivity index is 0.000000292. The van der Waals surface area contributed by atoms with Crippen molar-refractivity contribution < 1.29 is 9.53 Å². The van der Waals surface area contributed by atoms with E-state index in [4.69, 9.17) is 0 Å². The SMILES string of the molecule is CCCc1ccccc1.CCOC=O. The van der Waals surface area contributed by atoms with Crippen LogP contribution in [0.1, 0.15) is 25.8 Å². The van der Waals surface area contributed by atoms with Crippen molar-refractivity contribution in [2.75, 3.05) is 6.61 Å². The Bertz CT molecular complexity index is 219. The fourth-order valence-corrected chi connectivity index (χ4v) is 1.00. The van der Waals surface area contributed by atoms with Gasteiger partial charge >= 0.3 is 0 Å². The summed E-state index contributed by atoms with van der Waals surface area (Å²) in [6.07, 6.45) is 2.45. The summed E-state index contributed by atoms with van der Waals surface area (Å²) in [6.45, 7) is 4.87. The van der Waals surface area contributed by atoms with Crippen LogP contribution in [0.25, 0.3) is 0 Å². The van der Waals surface area contributed by atoms with E-state index in [1.165, 1.54) is 18.4 Å². The van der Waals surface area contributed by atoms with Gasteiger partial charge in [0.05, 0.1) is 6.61 Å². The van der Waals surface area contributed by atoms with Crippen molar-refractivity contribution in [3.8, 4) is 0 Å². The minimum Gasteiger partial charge on any atom is -0.468 e. The Labute approximate surface area is 85.9 Å². The number of rotatable bonds is 4. The first-order valence-electron chi connectivity index (χ1n) is 4.94. The Morgan fingerprint density at radius 3 is 2.21 bits per heavy atom. The van der Waals surface area contributed by atoms with E-state index >= 15 is 0 Å². The number of carbonyl (C=O) groups is 1. The highest BCUT2D eigenvalue weighted by Gasteiger charge is 1.84. The predicted octanol–water partition coefficient (Wildman–Crippen LogP) is 2.82. The van der Waals surface area contributed by atoms with Crippen molar-refractivity contribution in [1.82, 2.24) is 0 Å². The number of hydrogen-bond donors (Lipinski definition) is 0. The third kappa shape index (κ3) is 7.35. The first-order valence-corrected chi connectivity index (χ1v) is 4.94. The fourth-order valence-electron chi connectivity index (χ4n) is 1.00. The van der Waals surface area contributed by atoms with Crippen LogP contribution >= 0.6 is 0 Å². The maximum atomic E-state index is 9.18. The quantitative estimate of drug-likeness (QED) is 0.689. The molecule has 0 aromatic heterocycles. The van der Waals surface area contributed by atoms with E-state index in [2.05, 4.69) is 42.0 Å². The van der Waals surface area contributed by atoms with Crippen LogP contribution in [-0.4, -0.2) is 13.1 Å². The molecule has 2 heteroatoms. The molecular formula is C12H18O2. The van der Waals surface area contributed by atoms with E-state index in [9.17, 15) is 4.79 Å². The van der Waals surface area contributed by atoms with Crippen LogP contribution in [0.2, 0.25) is 0 Å². The third-order valence-corrected chi connectivity index (χ3v) is 1.62. The monoisotopic (exact) mass is 194 g/mol. The summed E-state index contributed by atoms with van der Waals surface area (Å²) in [6, 6.07) is 10.6. The first kappa shape index (κ1) is 12.7. The van der Waals surface area contributed by atoms with Crippen molar-refractivity contribution >= 4 is 6.47 Å². The molecule has 0 unspecified atom stereocenters. The van der Waals surface area contributed by atoms with Gasteiger partial charge in [0.2, 0.25) is 0 Å². The van der Waals surface area contributed by atoms with Gasteiger partial charge in [-0.05, 0) is 18.9 Å². The van der Waals surface area contributed by atoms with Gasteiger partial charge in [-0.15, -0.1) is 0 Å². The average molecular weight is 194 g/mol. The molecule has 78 valence electrons. The maximum Gasteiger partial charge on any atom is 0.293 e. The van der Waals surface area contributed by atoms with Gasteiger partial charge in [0.25, 0.3) is 6.47 Å². The highest BCUT2D eigenvalue weighted by molar-refractivity contribution is 5.36. The Kier molecular flexibility index (Phi) is 8.86. The summed E-state index contributed by atoms with van der Waals surface area (Å²) in [5.41, 5.74) is 1.44. The number of carbonyl (C=O) groups excluding carboxylic acids is 1. The van der Waals surface area contributed by atoms with E-state index in [-0.39, 0.29) is 0 Å². The van der Waals surface area contributed by atoms with E-state index in [0.29, 0.717) is 13.1 Å². The minimum absolute atomic E-state index is 0.431. The molecule has 0 radical (unpaired) electrons. The molecule has 0 aliphatic rings. The topological polar surface area (TPSA) is 26.3 Å². The lowest BCUT2D eigenvalue weighted by atomic mass is 10.1. The summed E-state index contributed by atoms with van der Waals surface area (Å²) >= 11 is 0. The molecule has 0 saturated carbocycles. The molecule has 0 fully saturated rings. The Morgan fingerprint density at radius 1 is 1.21 bits per heavy atom. The van der Waals surface area contributed by atoms with Gasteiger partial charge in [-0.3, -0.25) is 4.79 Å². The molecule has 1 rings (SSSR count). The van der Waals surface area contributed by atoms with Gasteiger partial charge < -0.3 is 4.74 Å². The molecule has 0 bridgehead atoms. The maximum absolute atomic E-state index is 9.18. The Hall–Kier alpha value is -1.31. The van der Waals surface area contributed by atoms with Gasteiger partial charge in [0.1, 0.15) is 0 Å². The van der Waals surface area contributed by atoms with Crippen LogP contribution in [0.3, 0.4) is 0 Å². The molecule has 0 aliphatic heterocycles. The summed E-state index contributed by atoms with van der Waals surface area (Å²) in [5.74, 6) is 0. The molecule has 2 nitrogen and oxygen atoms in total. The smallest absolute Gasteiger partial charge is 0.293 e. The van der Waals surface area contributed by atoms with Crippen LogP contribution in [0, 0.1) is 0 Å². The van der Waals surface area contributed by atoms with Crippen LogP contribution in [0.5, 0.6) is 0 Å². The van der Waals surface area contributed by atoms with Crippen molar-refractivity contribution in [3.05, 3.63) is 35.9 Å². The van der Waals surface area contributed by atoms with Crippen molar-refractivity contribution in [2.45, 2.75) is 26.7 Å². The average Bonchev–Trinajstić information content (AvgIpc) is 2.22. The molecule has 1 aromatic rings. The van der Waals surface area contributed by atoms with Crippen LogP contribution in [0.4, 0.5) is 0 Å². The van der Waals surface area contributed by atoms with Gasteiger partial charge in [0.15, 0.2) is 0 Å². The molecule has 0 aliphatic carbocycles. The number of benzene rings is 1. The number of hydrogen-bond acceptors (Lipinski definition) is 2. The van der Waals surface area contributed by atoms with E-state index < -0.39 is 0 Å². The molecule has 0 N–H and O–H groups in total. The van der Waals surface area contributed by atoms with Gasteiger partial charge in [-0.25, -0.2) is 0 Å². The summed E-state index contributed by atoms with van der Waals surface area (Å²) < 4.78 is 4.15. The molecule has 0 heterocycles. The Morgan fingerprint density at radius 2 is 1.86 bits per heavy atom. The molecule has 14 heavy (non-hydrogen) atoms. The zero-order valence-corrected chi connectivity index (χ0v) is 8.90. The predicted molar refractivity (Wildman–Crippen MR) is 58.1 cm³/mol. The van der Waals surface area contributed by atoms with Crippen molar-refractivity contribution in [3.63, 3.8) is 0 Å². The molecule has 0 amide bonds. The molecule has 0 spiro atoms. The minimum atomic E-state index is 0.431. The lowest BCUT2D eigenvalue weighted by Gasteiger charge is -1.93. The highest BCUT2D eigenvalue weighted by Crippen LogP contribution is 2.00. The van der Waals surface area contributed by atoms with E-state index in [1.54, 1.807) is 6.92 Å². The van der Waals surface area contributed by atoms with Crippen molar-refractivity contribution in [2.24, 2.45) is 0 Å². The van der Waals surface area contributed by atoms with Gasteiger partial charge in [-0.1, -0.05) is 43.7 Å². The summed E-state index contributed by atoms with van der Waals surface area (Å²) in [5, 5.41) is 0. The highest BCUT2D eigenvalue weighted by atomic mass is 16.5. The zero-order valence-electron chi connectivity index (χ0n) is 8.90. The second kappa shape index (κ2) is 9.78. The molecule has 0 saturated heterocycles. The largest absolute Gasteiger partial charge is 0.468 e. The second-order valence-corrected chi connectivity index (χ2v) is 2.79. The lowest BCUT2D eigenvalue weighted by molar-refractivity contribution is -0.128. The van der Waals surface area contributed by atoms with Crippen LogP contribution in [0.15, 0.2) is 30.3 Å². The normalized spacial score (nSPS) is 8.43. The van der Waals surface area contributed by atoms with Crippen LogP contribution < -0.4 is 0 Å². The number of ether oxygens (including phenoxy) is 1. The van der Waals surface area contributed by atoms with Gasteiger partial charge in [-0.2, -0.15) is 0 Å². The molecule has 0 atom stereocenters. The van der Waals surface area contributed by atoms with E-state index in [0.717, 1.165) is 0 Å². The number of aryl methyl sites for hydroxylation is 1. The van der Waals surface area contributed by atoms with Gasteiger partial charge in [0, 0.05) is 0 Å². The first-order chi connectivity index (χ1) is 6.85.